The van der Waals surface area contributed by atoms with Gasteiger partial charge in [-0.05, 0) is 42.5 Å². The molecule has 0 unspecified atom stereocenters. The smallest absolute Gasteiger partial charge is 0.181 e. The molecule has 1 heterocycles. The SMILES string of the molecule is O=C(CCC(=O)c1ccc2ocnc2c1)c1ccc(F)cc1. The predicted octanol–water partition coefficient (Wildman–Crippen LogP) is 3.81. The molecule has 0 fully saturated rings. The van der Waals surface area contributed by atoms with Crippen molar-refractivity contribution < 1.29 is 18.4 Å². The van der Waals surface area contributed by atoms with E-state index >= 15 is 0 Å². The third-order valence-corrected chi connectivity index (χ3v) is 3.40. The Labute approximate surface area is 125 Å². The Bertz CT molecular complexity index is 836. The average Bonchev–Trinajstić information content (AvgIpc) is 3.00. The van der Waals surface area contributed by atoms with Crippen LogP contribution in [0.2, 0.25) is 0 Å². The fourth-order valence-corrected chi connectivity index (χ4v) is 2.18. The molecule has 1 aromatic heterocycles. The first-order valence-electron chi connectivity index (χ1n) is 6.79. The van der Waals surface area contributed by atoms with Crippen LogP contribution in [0.15, 0.2) is 53.3 Å². The van der Waals surface area contributed by atoms with Gasteiger partial charge in [0.15, 0.2) is 23.5 Å². The molecule has 4 nitrogen and oxygen atoms in total. The molecule has 0 spiro atoms. The summed E-state index contributed by atoms with van der Waals surface area (Å²) in [4.78, 5) is 28.1. The Morgan fingerprint density at radius 2 is 1.59 bits per heavy atom. The summed E-state index contributed by atoms with van der Waals surface area (Å²) in [5, 5.41) is 0. The summed E-state index contributed by atoms with van der Waals surface area (Å²) < 4.78 is 17.9. The first kappa shape index (κ1) is 14.1. The number of carbonyl (C=O) groups is 2. The highest BCUT2D eigenvalue weighted by Crippen LogP contribution is 2.16. The highest BCUT2D eigenvalue weighted by molar-refractivity contribution is 6.03. The predicted molar refractivity (Wildman–Crippen MR) is 78.3 cm³/mol. The quantitative estimate of drug-likeness (QED) is 0.672. The van der Waals surface area contributed by atoms with Gasteiger partial charge in [-0.3, -0.25) is 9.59 Å². The van der Waals surface area contributed by atoms with E-state index in [1.54, 1.807) is 18.2 Å². The van der Waals surface area contributed by atoms with E-state index in [0.717, 1.165) is 0 Å². The van der Waals surface area contributed by atoms with Crippen molar-refractivity contribution in [2.24, 2.45) is 0 Å². The topological polar surface area (TPSA) is 60.2 Å². The molecule has 0 aliphatic rings. The summed E-state index contributed by atoms with van der Waals surface area (Å²) in [5.74, 6) is -0.718. The number of oxazole rings is 1. The molecule has 0 amide bonds. The van der Waals surface area contributed by atoms with E-state index in [2.05, 4.69) is 4.98 Å². The van der Waals surface area contributed by atoms with Gasteiger partial charge < -0.3 is 4.42 Å². The molecule has 0 N–H and O–H groups in total. The van der Waals surface area contributed by atoms with Crippen molar-refractivity contribution in [1.82, 2.24) is 4.98 Å². The number of hydrogen-bond acceptors (Lipinski definition) is 4. The van der Waals surface area contributed by atoms with Crippen molar-refractivity contribution in [3.63, 3.8) is 0 Å². The van der Waals surface area contributed by atoms with Gasteiger partial charge in [-0.2, -0.15) is 0 Å². The van der Waals surface area contributed by atoms with E-state index in [0.29, 0.717) is 22.2 Å². The molecule has 0 saturated heterocycles. The van der Waals surface area contributed by atoms with Crippen LogP contribution in [-0.2, 0) is 0 Å². The fraction of sp³-hybridized carbons (Fsp3) is 0.118. The van der Waals surface area contributed by atoms with Crippen LogP contribution >= 0.6 is 0 Å². The molecule has 22 heavy (non-hydrogen) atoms. The van der Waals surface area contributed by atoms with E-state index < -0.39 is 5.82 Å². The van der Waals surface area contributed by atoms with Gasteiger partial charge in [0.05, 0.1) is 0 Å². The maximum absolute atomic E-state index is 12.8. The zero-order valence-corrected chi connectivity index (χ0v) is 11.6. The first-order chi connectivity index (χ1) is 10.6. The number of Topliss-reactive ketones (excluding diaryl/α,β-unsaturated/α-hetero) is 2. The average molecular weight is 297 g/mol. The Hall–Kier alpha value is -2.82. The number of benzene rings is 2. The van der Waals surface area contributed by atoms with E-state index in [4.69, 9.17) is 4.42 Å². The number of carbonyl (C=O) groups excluding carboxylic acids is 2. The van der Waals surface area contributed by atoms with Crippen molar-refractivity contribution in [2.45, 2.75) is 12.8 Å². The minimum atomic E-state index is -0.395. The first-order valence-corrected chi connectivity index (χ1v) is 6.79. The second-order valence-corrected chi connectivity index (χ2v) is 4.89. The lowest BCUT2D eigenvalue weighted by molar-refractivity contribution is 0.0917. The minimum absolute atomic E-state index is 0.0846. The molecule has 110 valence electrons. The number of aromatic nitrogens is 1. The molecule has 5 heteroatoms. The second kappa shape index (κ2) is 5.89. The van der Waals surface area contributed by atoms with E-state index in [9.17, 15) is 14.0 Å². The van der Waals surface area contributed by atoms with Crippen LogP contribution in [0.25, 0.3) is 11.1 Å². The van der Waals surface area contributed by atoms with E-state index in [-0.39, 0.29) is 24.4 Å². The van der Waals surface area contributed by atoms with Gasteiger partial charge in [0.2, 0.25) is 0 Å². The summed E-state index contributed by atoms with van der Waals surface area (Å²) in [6.07, 6.45) is 1.50. The molecular formula is C17H12FNO3. The Morgan fingerprint density at radius 1 is 0.955 bits per heavy atom. The molecule has 0 aliphatic heterocycles. The van der Waals surface area contributed by atoms with E-state index in [1.807, 2.05) is 0 Å². The minimum Gasteiger partial charge on any atom is -0.443 e. The van der Waals surface area contributed by atoms with Gasteiger partial charge in [0, 0.05) is 24.0 Å². The molecule has 0 radical (unpaired) electrons. The van der Waals surface area contributed by atoms with Crippen LogP contribution in [0.3, 0.4) is 0 Å². The molecule has 3 aromatic rings. The van der Waals surface area contributed by atoms with Crippen molar-refractivity contribution >= 4 is 22.7 Å². The highest BCUT2D eigenvalue weighted by atomic mass is 19.1. The van der Waals surface area contributed by atoms with Gasteiger partial charge in [0.1, 0.15) is 11.3 Å². The second-order valence-electron chi connectivity index (χ2n) is 4.89. The molecule has 3 rings (SSSR count). The third kappa shape index (κ3) is 2.93. The standard InChI is InChI=1S/C17H12FNO3/c18-13-4-1-11(2-5-13)15(20)6-7-16(21)12-3-8-17-14(9-12)19-10-22-17/h1-5,8-10H,6-7H2. The van der Waals surface area contributed by atoms with Crippen molar-refractivity contribution in [1.29, 1.82) is 0 Å². The van der Waals surface area contributed by atoms with Crippen molar-refractivity contribution in [2.75, 3.05) is 0 Å². The molecular weight excluding hydrogens is 285 g/mol. The maximum atomic E-state index is 12.8. The summed E-state index contributed by atoms with van der Waals surface area (Å²) in [7, 11) is 0. The number of nitrogens with zero attached hydrogens (tertiary/aromatic N) is 1. The molecule has 0 atom stereocenters. The number of rotatable bonds is 5. The lowest BCUT2D eigenvalue weighted by Crippen LogP contribution is -2.05. The maximum Gasteiger partial charge on any atom is 0.181 e. The number of halogens is 1. The monoisotopic (exact) mass is 297 g/mol. The van der Waals surface area contributed by atoms with Gasteiger partial charge in [-0.25, -0.2) is 9.37 Å². The summed E-state index contributed by atoms with van der Waals surface area (Å²) >= 11 is 0. The van der Waals surface area contributed by atoms with Gasteiger partial charge >= 0.3 is 0 Å². The van der Waals surface area contributed by atoms with Crippen LogP contribution in [0.1, 0.15) is 33.6 Å². The Morgan fingerprint density at radius 3 is 2.32 bits per heavy atom. The highest BCUT2D eigenvalue weighted by Gasteiger charge is 2.12. The molecule has 0 aliphatic carbocycles. The summed E-state index contributed by atoms with van der Waals surface area (Å²) in [5.41, 5.74) is 2.11. The number of hydrogen-bond donors (Lipinski definition) is 0. The Kier molecular flexibility index (Phi) is 3.78. The van der Waals surface area contributed by atoms with Crippen LogP contribution in [-0.4, -0.2) is 16.6 Å². The van der Waals surface area contributed by atoms with Gasteiger partial charge in [0.25, 0.3) is 0 Å². The normalized spacial score (nSPS) is 10.8. The number of ketones is 2. The molecule has 0 saturated carbocycles. The zero-order chi connectivity index (χ0) is 15.5. The number of fused-ring (bicyclic) bond motifs is 1. The van der Waals surface area contributed by atoms with Crippen molar-refractivity contribution in [3.8, 4) is 0 Å². The molecule has 2 aromatic carbocycles. The lowest BCUT2D eigenvalue weighted by atomic mass is 10.0. The van der Waals surface area contributed by atoms with Gasteiger partial charge in [-0.15, -0.1) is 0 Å². The van der Waals surface area contributed by atoms with Crippen LogP contribution < -0.4 is 0 Å². The summed E-state index contributed by atoms with van der Waals surface area (Å²) in [6, 6.07) is 10.3. The largest absolute Gasteiger partial charge is 0.443 e. The molecule has 0 bridgehead atoms. The van der Waals surface area contributed by atoms with Crippen LogP contribution in [0.4, 0.5) is 4.39 Å². The Balaban J connectivity index is 1.66. The third-order valence-electron chi connectivity index (χ3n) is 3.40. The van der Waals surface area contributed by atoms with Crippen LogP contribution in [0.5, 0.6) is 0 Å². The van der Waals surface area contributed by atoms with E-state index in [1.165, 1.54) is 30.7 Å². The lowest BCUT2D eigenvalue weighted by Gasteiger charge is -2.02. The van der Waals surface area contributed by atoms with Gasteiger partial charge in [-0.1, -0.05) is 0 Å². The zero-order valence-electron chi connectivity index (χ0n) is 11.6. The summed E-state index contributed by atoms with van der Waals surface area (Å²) in [6.45, 7) is 0. The van der Waals surface area contributed by atoms with Crippen LogP contribution in [0, 0.1) is 5.82 Å². The fourth-order valence-electron chi connectivity index (χ4n) is 2.18. The van der Waals surface area contributed by atoms with Crippen molar-refractivity contribution in [3.05, 3.63) is 65.8 Å².